The summed E-state index contributed by atoms with van der Waals surface area (Å²) in [6.07, 6.45) is 0.900. The summed E-state index contributed by atoms with van der Waals surface area (Å²) in [5.41, 5.74) is 1.21. The maximum absolute atomic E-state index is 12.7. The molecule has 1 N–H and O–H groups in total. The quantitative estimate of drug-likeness (QED) is 0.622. The van der Waals surface area contributed by atoms with Crippen molar-refractivity contribution in [3.05, 3.63) is 35.6 Å². The Morgan fingerprint density at radius 3 is 2.41 bits per heavy atom. The van der Waals surface area contributed by atoms with Gasteiger partial charge < -0.3 is 5.32 Å². The number of hydrogen-bond acceptors (Lipinski definition) is 1. The number of rotatable bonds is 4. The van der Waals surface area contributed by atoms with Crippen LogP contribution >= 0.6 is 0 Å². The fourth-order valence-corrected chi connectivity index (χ4v) is 1.34. The number of halogens is 1. The summed E-state index contributed by atoms with van der Waals surface area (Å²) in [5.74, 6) is 6.08. The second kappa shape index (κ2) is 6.42. The lowest BCUT2D eigenvalue weighted by atomic mass is 9.98. The van der Waals surface area contributed by atoms with Crippen molar-refractivity contribution in [2.75, 3.05) is 13.1 Å². The average molecular weight is 233 g/mol. The summed E-state index contributed by atoms with van der Waals surface area (Å²) in [4.78, 5) is 0. The molecular formula is C15H20FN. The lowest BCUT2D eigenvalue weighted by Crippen LogP contribution is -2.17. The lowest BCUT2D eigenvalue weighted by molar-refractivity contribution is 0.570. The molecule has 0 atom stereocenters. The summed E-state index contributed by atoms with van der Waals surface area (Å²) in [7, 11) is 0. The molecule has 0 heterocycles. The Labute approximate surface area is 103 Å². The maximum Gasteiger partial charge on any atom is 0.123 e. The minimum absolute atomic E-state index is 0.0681. The molecule has 0 amide bonds. The molecule has 0 unspecified atom stereocenters. The van der Waals surface area contributed by atoms with E-state index in [1.54, 1.807) is 0 Å². The van der Waals surface area contributed by atoms with Crippen LogP contribution in [0.25, 0.3) is 0 Å². The van der Waals surface area contributed by atoms with Gasteiger partial charge in [-0.05, 0) is 44.9 Å². The highest BCUT2D eigenvalue weighted by molar-refractivity contribution is 5.16. The summed E-state index contributed by atoms with van der Waals surface area (Å²) < 4.78 is 12.7. The van der Waals surface area contributed by atoms with Crippen molar-refractivity contribution in [2.24, 2.45) is 5.41 Å². The normalized spacial score (nSPS) is 10.8. The SMILES string of the molecule is CC(C)(C)C#CCNCCc1ccc(F)cc1. The molecule has 0 bridgehead atoms. The summed E-state index contributed by atoms with van der Waals surface area (Å²) >= 11 is 0. The van der Waals surface area contributed by atoms with Crippen LogP contribution in [0.1, 0.15) is 26.3 Å². The molecule has 17 heavy (non-hydrogen) atoms. The van der Waals surface area contributed by atoms with Gasteiger partial charge in [0, 0.05) is 12.0 Å². The Morgan fingerprint density at radius 2 is 1.82 bits per heavy atom. The first kappa shape index (κ1) is 13.7. The van der Waals surface area contributed by atoms with Crippen molar-refractivity contribution in [3.63, 3.8) is 0 Å². The third kappa shape index (κ3) is 6.76. The molecule has 0 aliphatic heterocycles. The zero-order chi connectivity index (χ0) is 12.7. The van der Waals surface area contributed by atoms with E-state index >= 15 is 0 Å². The minimum Gasteiger partial charge on any atom is -0.306 e. The van der Waals surface area contributed by atoms with E-state index in [0.29, 0.717) is 6.54 Å². The fourth-order valence-electron chi connectivity index (χ4n) is 1.34. The van der Waals surface area contributed by atoms with E-state index in [4.69, 9.17) is 0 Å². The van der Waals surface area contributed by atoms with Gasteiger partial charge in [-0.3, -0.25) is 0 Å². The van der Waals surface area contributed by atoms with Crippen molar-refractivity contribution >= 4 is 0 Å². The van der Waals surface area contributed by atoms with E-state index in [2.05, 4.69) is 37.9 Å². The van der Waals surface area contributed by atoms with Crippen LogP contribution in [-0.2, 0) is 6.42 Å². The van der Waals surface area contributed by atoms with Gasteiger partial charge in [0.05, 0.1) is 6.54 Å². The van der Waals surface area contributed by atoms with Crippen LogP contribution in [0.2, 0.25) is 0 Å². The van der Waals surface area contributed by atoms with Gasteiger partial charge in [0.2, 0.25) is 0 Å². The molecule has 0 spiro atoms. The van der Waals surface area contributed by atoms with Crippen LogP contribution in [-0.4, -0.2) is 13.1 Å². The molecular weight excluding hydrogens is 213 g/mol. The molecule has 0 aliphatic carbocycles. The van der Waals surface area contributed by atoms with Crippen molar-refractivity contribution in [2.45, 2.75) is 27.2 Å². The highest BCUT2D eigenvalue weighted by Crippen LogP contribution is 2.09. The lowest BCUT2D eigenvalue weighted by Gasteiger charge is -2.07. The van der Waals surface area contributed by atoms with E-state index in [-0.39, 0.29) is 11.2 Å². The van der Waals surface area contributed by atoms with Gasteiger partial charge in [-0.2, -0.15) is 0 Å². The van der Waals surface area contributed by atoms with Crippen LogP contribution in [0.3, 0.4) is 0 Å². The Bertz CT molecular complexity index is 390. The first-order valence-electron chi connectivity index (χ1n) is 5.92. The zero-order valence-corrected chi connectivity index (χ0v) is 10.8. The molecule has 2 heteroatoms. The number of benzene rings is 1. The Morgan fingerprint density at radius 1 is 1.18 bits per heavy atom. The van der Waals surface area contributed by atoms with Gasteiger partial charge >= 0.3 is 0 Å². The van der Waals surface area contributed by atoms with E-state index in [1.807, 2.05) is 12.1 Å². The van der Waals surface area contributed by atoms with Crippen molar-refractivity contribution in [1.29, 1.82) is 0 Å². The van der Waals surface area contributed by atoms with Crippen molar-refractivity contribution in [3.8, 4) is 11.8 Å². The standard InChI is InChI=1S/C15H20FN/c1-15(2,3)10-4-11-17-12-9-13-5-7-14(16)8-6-13/h5-8,17H,9,11-12H2,1-3H3. The second-order valence-corrected chi connectivity index (χ2v) is 5.11. The topological polar surface area (TPSA) is 12.0 Å². The highest BCUT2D eigenvalue weighted by Gasteiger charge is 2.02. The monoisotopic (exact) mass is 233 g/mol. The summed E-state index contributed by atoms with van der Waals surface area (Å²) in [5, 5.41) is 3.25. The third-order valence-electron chi connectivity index (χ3n) is 2.18. The van der Waals surface area contributed by atoms with Crippen LogP contribution in [0, 0.1) is 23.1 Å². The molecule has 0 aromatic heterocycles. The van der Waals surface area contributed by atoms with Gasteiger partial charge in [0.1, 0.15) is 5.82 Å². The van der Waals surface area contributed by atoms with E-state index in [1.165, 1.54) is 12.1 Å². The molecule has 1 nitrogen and oxygen atoms in total. The molecule has 0 aliphatic rings. The first-order valence-corrected chi connectivity index (χ1v) is 5.92. The first-order chi connectivity index (χ1) is 7.97. The summed E-state index contributed by atoms with van der Waals surface area (Å²) in [6, 6.07) is 6.62. The molecule has 0 fully saturated rings. The van der Waals surface area contributed by atoms with Crippen LogP contribution in [0.5, 0.6) is 0 Å². The van der Waals surface area contributed by atoms with Crippen molar-refractivity contribution < 1.29 is 4.39 Å². The van der Waals surface area contributed by atoms with Crippen LogP contribution in [0.15, 0.2) is 24.3 Å². The van der Waals surface area contributed by atoms with Crippen LogP contribution in [0.4, 0.5) is 4.39 Å². The largest absolute Gasteiger partial charge is 0.306 e. The van der Waals surface area contributed by atoms with Crippen molar-refractivity contribution in [1.82, 2.24) is 5.32 Å². The molecule has 1 rings (SSSR count). The van der Waals surface area contributed by atoms with Crippen LogP contribution < -0.4 is 5.32 Å². The van der Waals surface area contributed by atoms with Gasteiger partial charge in [0.25, 0.3) is 0 Å². The molecule has 1 aromatic rings. The zero-order valence-electron chi connectivity index (χ0n) is 10.8. The van der Waals surface area contributed by atoms with E-state index in [0.717, 1.165) is 18.5 Å². The van der Waals surface area contributed by atoms with Gasteiger partial charge in [-0.25, -0.2) is 4.39 Å². The average Bonchev–Trinajstić information content (AvgIpc) is 2.24. The summed E-state index contributed by atoms with van der Waals surface area (Å²) in [6.45, 7) is 7.86. The molecule has 0 saturated carbocycles. The van der Waals surface area contributed by atoms with E-state index in [9.17, 15) is 4.39 Å². The van der Waals surface area contributed by atoms with E-state index < -0.39 is 0 Å². The predicted octanol–water partition coefficient (Wildman–Crippen LogP) is 3.01. The minimum atomic E-state index is -0.183. The highest BCUT2D eigenvalue weighted by atomic mass is 19.1. The fraction of sp³-hybridized carbons (Fsp3) is 0.467. The molecule has 92 valence electrons. The molecule has 1 aromatic carbocycles. The Hall–Kier alpha value is -1.33. The smallest absolute Gasteiger partial charge is 0.123 e. The molecule has 0 saturated heterocycles. The van der Waals surface area contributed by atoms with Gasteiger partial charge in [-0.15, -0.1) is 0 Å². The third-order valence-corrected chi connectivity index (χ3v) is 2.18. The number of nitrogens with one attached hydrogen (secondary N) is 1. The van der Waals surface area contributed by atoms with Gasteiger partial charge in [0.15, 0.2) is 0 Å². The second-order valence-electron chi connectivity index (χ2n) is 5.11. The Balaban J connectivity index is 2.20. The van der Waals surface area contributed by atoms with Gasteiger partial charge in [-0.1, -0.05) is 24.0 Å². The molecule has 0 radical (unpaired) electrons. The predicted molar refractivity (Wildman–Crippen MR) is 70.2 cm³/mol. The number of hydrogen-bond donors (Lipinski definition) is 1. The Kier molecular flexibility index (Phi) is 5.18. The maximum atomic E-state index is 12.7.